The molecule has 1 aliphatic carbocycles. The Balaban J connectivity index is 2.09. The van der Waals surface area contributed by atoms with Crippen molar-refractivity contribution in [1.82, 2.24) is 5.32 Å². The number of carbonyl (C=O) groups excluding carboxylic acids is 1. The molecule has 1 fully saturated rings. The van der Waals surface area contributed by atoms with Gasteiger partial charge in [0, 0.05) is 5.56 Å². The molecule has 1 aromatic rings. The smallest absolute Gasteiger partial charge is 0.329 e. The Morgan fingerprint density at radius 1 is 1.25 bits per heavy atom. The van der Waals surface area contributed by atoms with Gasteiger partial charge in [-0.3, -0.25) is 4.79 Å². The lowest BCUT2D eigenvalue weighted by atomic mass is 9.97. The molecule has 0 radical (unpaired) electrons. The first-order chi connectivity index (χ1) is 9.57. The van der Waals surface area contributed by atoms with Gasteiger partial charge >= 0.3 is 5.97 Å². The van der Waals surface area contributed by atoms with Gasteiger partial charge in [-0.25, -0.2) is 4.79 Å². The van der Waals surface area contributed by atoms with Gasteiger partial charge in [-0.2, -0.15) is 0 Å². The van der Waals surface area contributed by atoms with Gasteiger partial charge in [-0.05, 0) is 44.0 Å². The quantitative estimate of drug-likeness (QED) is 0.865. The van der Waals surface area contributed by atoms with Gasteiger partial charge in [0.2, 0.25) is 0 Å². The second kappa shape index (κ2) is 5.94. The summed E-state index contributed by atoms with van der Waals surface area (Å²) in [7, 11) is 0. The maximum absolute atomic E-state index is 12.2. The van der Waals surface area contributed by atoms with E-state index in [1.165, 1.54) is 0 Å². The minimum absolute atomic E-state index is 0.350. The molecule has 2 rings (SSSR count). The standard InChI is InChI=1S/C15H19NO4/c1-2-20-12-7-5-11(6-8-12)13(17)16-15(14(18)19)9-3-4-10-15/h5-8H,2-4,9-10H2,1H3,(H,16,17)(H,18,19). The van der Waals surface area contributed by atoms with Crippen LogP contribution in [0.3, 0.4) is 0 Å². The summed E-state index contributed by atoms with van der Waals surface area (Å²) >= 11 is 0. The molecular weight excluding hydrogens is 258 g/mol. The van der Waals surface area contributed by atoms with E-state index < -0.39 is 11.5 Å². The maximum Gasteiger partial charge on any atom is 0.329 e. The minimum Gasteiger partial charge on any atom is -0.494 e. The van der Waals surface area contributed by atoms with E-state index in [0.717, 1.165) is 12.8 Å². The molecule has 0 unspecified atom stereocenters. The number of amides is 1. The van der Waals surface area contributed by atoms with Crippen molar-refractivity contribution in [1.29, 1.82) is 0 Å². The third kappa shape index (κ3) is 2.92. The van der Waals surface area contributed by atoms with Crippen LogP contribution < -0.4 is 10.1 Å². The van der Waals surface area contributed by atoms with E-state index in [2.05, 4.69) is 5.32 Å². The SMILES string of the molecule is CCOc1ccc(C(=O)NC2(C(=O)O)CCCC2)cc1. The lowest BCUT2D eigenvalue weighted by molar-refractivity contribution is -0.144. The minimum atomic E-state index is -1.10. The fourth-order valence-electron chi connectivity index (χ4n) is 2.53. The van der Waals surface area contributed by atoms with Crippen LogP contribution in [0.4, 0.5) is 0 Å². The second-order valence-electron chi connectivity index (χ2n) is 5.01. The summed E-state index contributed by atoms with van der Waals surface area (Å²) in [5, 5.41) is 12.0. The van der Waals surface area contributed by atoms with Crippen molar-refractivity contribution in [3.8, 4) is 5.75 Å². The van der Waals surface area contributed by atoms with Crippen LogP contribution in [0.5, 0.6) is 5.75 Å². The average Bonchev–Trinajstić information content (AvgIpc) is 2.90. The number of ether oxygens (including phenoxy) is 1. The average molecular weight is 277 g/mol. The zero-order chi connectivity index (χ0) is 14.6. The van der Waals surface area contributed by atoms with Gasteiger partial charge in [0.15, 0.2) is 0 Å². The molecule has 20 heavy (non-hydrogen) atoms. The second-order valence-corrected chi connectivity index (χ2v) is 5.01. The van der Waals surface area contributed by atoms with Crippen LogP contribution in [0.25, 0.3) is 0 Å². The lowest BCUT2D eigenvalue weighted by Crippen LogP contribution is -2.52. The lowest BCUT2D eigenvalue weighted by Gasteiger charge is -2.25. The van der Waals surface area contributed by atoms with Crippen LogP contribution in [-0.4, -0.2) is 29.1 Å². The summed E-state index contributed by atoms with van der Waals surface area (Å²) in [5.41, 5.74) is -0.656. The monoisotopic (exact) mass is 277 g/mol. The van der Waals surface area contributed by atoms with Crippen molar-refractivity contribution < 1.29 is 19.4 Å². The van der Waals surface area contributed by atoms with Crippen LogP contribution in [0.1, 0.15) is 43.0 Å². The van der Waals surface area contributed by atoms with Crippen molar-refractivity contribution in [2.45, 2.75) is 38.1 Å². The topological polar surface area (TPSA) is 75.6 Å². The zero-order valence-electron chi connectivity index (χ0n) is 11.5. The summed E-state index contributed by atoms with van der Waals surface area (Å²) in [6, 6.07) is 6.71. The van der Waals surface area contributed by atoms with Gasteiger partial charge in [0.25, 0.3) is 5.91 Å². The predicted molar refractivity (Wildman–Crippen MR) is 73.9 cm³/mol. The Morgan fingerprint density at radius 2 is 1.85 bits per heavy atom. The van der Waals surface area contributed by atoms with E-state index >= 15 is 0 Å². The number of rotatable bonds is 5. The van der Waals surface area contributed by atoms with Crippen LogP contribution in [0.2, 0.25) is 0 Å². The third-order valence-electron chi connectivity index (χ3n) is 3.65. The molecule has 5 heteroatoms. The highest BCUT2D eigenvalue weighted by molar-refractivity contribution is 5.98. The Bertz CT molecular complexity index is 489. The van der Waals surface area contributed by atoms with E-state index in [0.29, 0.717) is 30.8 Å². The molecular formula is C15H19NO4. The van der Waals surface area contributed by atoms with E-state index in [4.69, 9.17) is 4.74 Å². The number of aliphatic carboxylic acids is 1. The third-order valence-corrected chi connectivity index (χ3v) is 3.65. The molecule has 5 nitrogen and oxygen atoms in total. The van der Waals surface area contributed by atoms with Gasteiger partial charge in [-0.15, -0.1) is 0 Å². The van der Waals surface area contributed by atoms with Gasteiger partial charge in [0.05, 0.1) is 6.61 Å². The summed E-state index contributed by atoms with van der Waals surface area (Å²) in [5.74, 6) is -0.607. The van der Waals surface area contributed by atoms with Crippen molar-refractivity contribution >= 4 is 11.9 Å². The zero-order valence-corrected chi connectivity index (χ0v) is 11.5. The van der Waals surface area contributed by atoms with Crippen LogP contribution in [0.15, 0.2) is 24.3 Å². The molecule has 1 aliphatic rings. The summed E-state index contributed by atoms with van der Waals surface area (Å²) < 4.78 is 5.31. The van der Waals surface area contributed by atoms with Crippen molar-refractivity contribution in [3.63, 3.8) is 0 Å². The number of nitrogens with one attached hydrogen (secondary N) is 1. The first-order valence-corrected chi connectivity index (χ1v) is 6.86. The molecule has 1 amide bonds. The predicted octanol–water partition coefficient (Wildman–Crippen LogP) is 2.21. The molecule has 1 aromatic carbocycles. The Labute approximate surface area is 117 Å². The fraction of sp³-hybridized carbons (Fsp3) is 0.467. The van der Waals surface area contributed by atoms with E-state index in [1.807, 2.05) is 6.92 Å². The van der Waals surface area contributed by atoms with E-state index in [9.17, 15) is 14.7 Å². The number of carbonyl (C=O) groups is 2. The first kappa shape index (κ1) is 14.4. The van der Waals surface area contributed by atoms with Gasteiger partial charge < -0.3 is 15.2 Å². The normalized spacial score (nSPS) is 16.6. The van der Waals surface area contributed by atoms with Crippen molar-refractivity contribution in [2.75, 3.05) is 6.61 Å². The first-order valence-electron chi connectivity index (χ1n) is 6.86. The molecule has 0 heterocycles. The highest BCUT2D eigenvalue weighted by Crippen LogP contribution is 2.30. The number of carboxylic acids is 1. The van der Waals surface area contributed by atoms with E-state index in [-0.39, 0.29) is 5.91 Å². The molecule has 0 atom stereocenters. The number of benzene rings is 1. The Kier molecular flexibility index (Phi) is 4.27. The van der Waals surface area contributed by atoms with Gasteiger partial charge in [-0.1, -0.05) is 12.8 Å². The highest BCUT2D eigenvalue weighted by atomic mass is 16.5. The number of hydrogen-bond acceptors (Lipinski definition) is 3. The number of hydrogen-bond donors (Lipinski definition) is 2. The fourth-order valence-corrected chi connectivity index (χ4v) is 2.53. The summed E-state index contributed by atoms with van der Waals surface area (Å²) in [6.07, 6.45) is 2.64. The van der Waals surface area contributed by atoms with Crippen molar-refractivity contribution in [2.24, 2.45) is 0 Å². The van der Waals surface area contributed by atoms with Crippen LogP contribution in [-0.2, 0) is 4.79 Å². The van der Waals surface area contributed by atoms with Crippen molar-refractivity contribution in [3.05, 3.63) is 29.8 Å². The van der Waals surface area contributed by atoms with Crippen LogP contribution >= 0.6 is 0 Å². The molecule has 0 bridgehead atoms. The number of carboxylic acid groups (broad SMARTS) is 1. The molecule has 0 spiro atoms. The molecule has 1 saturated carbocycles. The highest BCUT2D eigenvalue weighted by Gasteiger charge is 2.42. The Hall–Kier alpha value is -2.04. The van der Waals surface area contributed by atoms with Crippen LogP contribution in [0, 0.1) is 0 Å². The van der Waals surface area contributed by atoms with Gasteiger partial charge in [0.1, 0.15) is 11.3 Å². The largest absolute Gasteiger partial charge is 0.494 e. The Morgan fingerprint density at radius 3 is 2.35 bits per heavy atom. The summed E-state index contributed by atoms with van der Waals surface area (Å²) in [6.45, 7) is 2.45. The molecule has 0 aliphatic heterocycles. The maximum atomic E-state index is 12.2. The molecule has 0 saturated heterocycles. The summed E-state index contributed by atoms with van der Waals surface area (Å²) in [4.78, 5) is 23.6. The molecule has 108 valence electrons. The molecule has 0 aromatic heterocycles. The van der Waals surface area contributed by atoms with E-state index in [1.54, 1.807) is 24.3 Å². The molecule has 2 N–H and O–H groups in total.